The minimum atomic E-state index is -0.0384. The minimum Gasteiger partial charge on any atom is -0.496 e. The standard InChI is InChI=1S/C10H12N2O2S/c1-5-7(4-13)10(14-3)6(2)9-8(5)11-15-12-9/h13H,4H2,1-3H3. The molecule has 0 spiro atoms. The van der Waals surface area contributed by atoms with Crippen LogP contribution < -0.4 is 4.74 Å². The summed E-state index contributed by atoms with van der Waals surface area (Å²) in [6.07, 6.45) is 0. The van der Waals surface area contributed by atoms with Crippen molar-refractivity contribution in [2.24, 2.45) is 0 Å². The predicted octanol–water partition coefficient (Wildman–Crippen LogP) is 1.81. The second kappa shape index (κ2) is 3.75. The Morgan fingerprint density at radius 1 is 1.20 bits per heavy atom. The second-order valence-electron chi connectivity index (χ2n) is 3.38. The summed E-state index contributed by atoms with van der Waals surface area (Å²) < 4.78 is 13.8. The molecular weight excluding hydrogens is 212 g/mol. The van der Waals surface area contributed by atoms with Gasteiger partial charge in [0, 0.05) is 11.1 Å². The van der Waals surface area contributed by atoms with Gasteiger partial charge in [-0.2, -0.15) is 8.75 Å². The zero-order valence-corrected chi connectivity index (χ0v) is 9.68. The molecule has 0 saturated carbocycles. The highest BCUT2D eigenvalue weighted by Gasteiger charge is 2.17. The molecular formula is C10H12N2O2S. The van der Waals surface area contributed by atoms with Gasteiger partial charge in [0.05, 0.1) is 25.4 Å². The van der Waals surface area contributed by atoms with Crippen molar-refractivity contribution < 1.29 is 9.84 Å². The average Bonchev–Trinajstić information content (AvgIpc) is 2.72. The van der Waals surface area contributed by atoms with Gasteiger partial charge < -0.3 is 9.84 Å². The van der Waals surface area contributed by atoms with Crippen LogP contribution in [-0.4, -0.2) is 21.0 Å². The molecule has 0 unspecified atom stereocenters. The van der Waals surface area contributed by atoms with Gasteiger partial charge in [0.15, 0.2) is 0 Å². The molecule has 1 aromatic heterocycles. The highest BCUT2D eigenvalue weighted by atomic mass is 32.1. The normalized spacial score (nSPS) is 10.9. The highest BCUT2D eigenvalue weighted by Crippen LogP contribution is 2.33. The second-order valence-corrected chi connectivity index (χ2v) is 3.91. The van der Waals surface area contributed by atoms with E-state index in [9.17, 15) is 5.11 Å². The van der Waals surface area contributed by atoms with Gasteiger partial charge in [0.1, 0.15) is 16.8 Å². The molecule has 0 aliphatic carbocycles. The summed E-state index contributed by atoms with van der Waals surface area (Å²) in [6.45, 7) is 3.82. The van der Waals surface area contributed by atoms with Crippen LogP contribution in [0.4, 0.5) is 0 Å². The molecule has 2 rings (SSSR count). The van der Waals surface area contributed by atoms with Crippen LogP contribution in [0.2, 0.25) is 0 Å². The molecule has 1 N–H and O–H groups in total. The number of nitrogens with zero attached hydrogens (tertiary/aromatic N) is 2. The zero-order chi connectivity index (χ0) is 11.0. The molecule has 0 amide bonds. The maximum Gasteiger partial charge on any atom is 0.129 e. The fraction of sp³-hybridized carbons (Fsp3) is 0.400. The molecule has 2 aromatic rings. The van der Waals surface area contributed by atoms with Crippen LogP contribution >= 0.6 is 11.7 Å². The van der Waals surface area contributed by atoms with E-state index in [4.69, 9.17) is 4.74 Å². The van der Waals surface area contributed by atoms with Crippen molar-refractivity contribution in [3.63, 3.8) is 0 Å². The predicted molar refractivity (Wildman–Crippen MR) is 59.4 cm³/mol. The third-order valence-corrected chi connectivity index (χ3v) is 3.16. The molecule has 15 heavy (non-hydrogen) atoms. The lowest BCUT2D eigenvalue weighted by Crippen LogP contribution is -1.99. The topological polar surface area (TPSA) is 55.2 Å². The van der Waals surface area contributed by atoms with E-state index in [0.29, 0.717) is 0 Å². The third-order valence-electron chi connectivity index (χ3n) is 2.63. The van der Waals surface area contributed by atoms with Gasteiger partial charge in [-0.3, -0.25) is 0 Å². The zero-order valence-electron chi connectivity index (χ0n) is 8.87. The molecule has 0 atom stereocenters. The molecule has 0 radical (unpaired) electrons. The van der Waals surface area contributed by atoms with Crippen molar-refractivity contribution in [3.05, 3.63) is 16.7 Å². The number of aromatic nitrogens is 2. The molecule has 0 fully saturated rings. The average molecular weight is 224 g/mol. The Hall–Kier alpha value is -1.20. The van der Waals surface area contributed by atoms with E-state index in [0.717, 1.165) is 33.5 Å². The highest BCUT2D eigenvalue weighted by molar-refractivity contribution is 7.00. The van der Waals surface area contributed by atoms with Crippen molar-refractivity contribution in [1.82, 2.24) is 8.75 Å². The Bertz CT molecular complexity index is 464. The molecule has 0 bridgehead atoms. The number of aryl methyl sites for hydroxylation is 2. The van der Waals surface area contributed by atoms with Gasteiger partial charge in [-0.1, -0.05) is 0 Å². The fourth-order valence-corrected chi connectivity index (χ4v) is 2.45. The van der Waals surface area contributed by atoms with Gasteiger partial charge >= 0.3 is 0 Å². The summed E-state index contributed by atoms with van der Waals surface area (Å²) in [6, 6.07) is 0. The lowest BCUT2D eigenvalue weighted by molar-refractivity contribution is 0.273. The molecule has 0 aliphatic heterocycles. The van der Waals surface area contributed by atoms with Crippen molar-refractivity contribution in [2.75, 3.05) is 7.11 Å². The smallest absolute Gasteiger partial charge is 0.129 e. The van der Waals surface area contributed by atoms with Crippen LogP contribution in [0.3, 0.4) is 0 Å². The number of ether oxygens (including phenoxy) is 1. The Kier molecular flexibility index (Phi) is 2.58. The van der Waals surface area contributed by atoms with Crippen LogP contribution in [0.5, 0.6) is 5.75 Å². The summed E-state index contributed by atoms with van der Waals surface area (Å²) in [5.41, 5.74) is 4.42. The van der Waals surface area contributed by atoms with E-state index in [1.165, 1.54) is 11.7 Å². The number of fused-ring (bicyclic) bond motifs is 1. The molecule has 0 saturated heterocycles. The number of hydrogen-bond donors (Lipinski definition) is 1. The molecule has 1 aromatic carbocycles. The third kappa shape index (κ3) is 1.39. The Morgan fingerprint density at radius 3 is 2.33 bits per heavy atom. The van der Waals surface area contributed by atoms with Crippen molar-refractivity contribution in [2.45, 2.75) is 20.5 Å². The maximum absolute atomic E-state index is 9.33. The van der Waals surface area contributed by atoms with Crippen molar-refractivity contribution in [1.29, 1.82) is 0 Å². The molecule has 0 aliphatic rings. The first-order valence-corrected chi connectivity index (χ1v) is 5.32. The van der Waals surface area contributed by atoms with Gasteiger partial charge in [-0.15, -0.1) is 0 Å². The quantitative estimate of drug-likeness (QED) is 0.845. The van der Waals surface area contributed by atoms with E-state index >= 15 is 0 Å². The van der Waals surface area contributed by atoms with Crippen LogP contribution in [0.15, 0.2) is 0 Å². The van der Waals surface area contributed by atoms with E-state index in [1.807, 2.05) is 13.8 Å². The van der Waals surface area contributed by atoms with E-state index in [1.54, 1.807) is 7.11 Å². The summed E-state index contributed by atoms with van der Waals surface area (Å²) in [5, 5.41) is 9.33. The first kappa shape index (κ1) is 10.3. The summed E-state index contributed by atoms with van der Waals surface area (Å²) >= 11 is 1.18. The van der Waals surface area contributed by atoms with Crippen LogP contribution in [0.1, 0.15) is 16.7 Å². The van der Waals surface area contributed by atoms with Crippen LogP contribution in [0.25, 0.3) is 11.0 Å². The maximum atomic E-state index is 9.33. The Balaban J connectivity index is 2.90. The number of aliphatic hydroxyl groups excluding tert-OH is 1. The summed E-state index contributed by atoms with van der Waals surface area (Å²) in [4.78, 5) is 0. The number of hydrogen-bond acceptors (Lipinski definition) is 5. The number of benzene rings is 1. The Labute approximate surface area is 91.8 Å². The molecule has 80 valence electrons. The Morgan fingerprint density at radius 2 is 1.80 bits per heavy atom. The number of rotatable bonds is 2. The van der Waals surface area contributed by atoms with Crippen molar-refractivity contribution >= 4 is 22.8 Å². The van der Waals surface area contributed by atoms with Gasteiger partial charge in [-0.25, -0.2) is 0 Å². The van der Waals surface area contributed by atoms with Gasteiger partial charge in [0.2, 0.25) is 0 Å². The SMILES string of the molecule is COc1c(CO)c(C)c2nsnc2c1C. The number of methoxy groups -OCH3 is 1. The number of aliphatic hydroxyl groups is 1. The van der Waals surface area contributed by atoms with E-state index in [2.05, 4.69) is 8.75 Å². The van der Waals surface area contributed by atoms with E-state index < -0.39 is 0 Å². The van der Waals surface area contributed by atoms with Crippen LogP contribution in [0, 0.1) is 13.8 Å². The van der Waals surface area contributed by atoms with Crippen molar-refractivity contribution in [3.8, 4) is 5.75 Å². The first-order valence-electron chi connectivity index (χ1n) is 4.59. The molecule has 5 heteroatoms. The lowest BCUT2D eigenvalue weighted by atomic mass is 10.0. The van der Waals surface area contributed by atoms with Gasteiger partial charge in [0.25, 0.3) is 0 Å². The van der Waals surface area contributed by atoms with Gasteiger partial charge in [-0.05, 0) is 19.4 Å². The van der Waals surface area contributed by atoms with E-state index in [-0.39, 0.29) is 6.61 Å². The lowest BCUT2D eigenvalue weighted by Gasteiger charge is -2.12. The summed E-state index contributed by atoms with van der Waals surface area (Å²) in [7, 11) is 1.60. The first-order chi connectivity index (χ1) is 7.20. The molecule has 4 nitrogen and oxygen atoms in total. The molecule has 1 heterocycles. The summed E-state index contributed by atoms with van der Waals surface area (Å²) in [5.74, 6) is 0.718. The monoisotopic (exact) mass is 224 g/mol. The largest absolute Gasteiger partial charge is 0.496 e. The minimum absolute atomic E-state index is 0.0384. The fourth-order valence-electron chi connectivity index (χ4n) is 1.79. The van der Waals surface area contributed by atoms with Crippen LogP contribution in [-0.2, 0) is 6.61 Å².